The maximum atomic E-state index is 12.2. The molecular formula is C21H27N5O3. The van der Waals surface area contributed by atoms with Crippen LogP contribution in [0.4, 0.5) is 11.5 Å². The number of carbonyl (C=O) groups is 1. The number of carbonyl (C=O) groups excluding carboxylic acids is 1. The van der Waals surface area contributed by atoms with E-state index in [0.29, 0.717) is 12.2 Å². The normalized spacial score (nSPS) is 19.3. The number of anilines is 2. The number of hydrogen-bond donors (Lipinski definition) is 1. The quantitative estimate of drug-likeness (QED) is 0.795. The zero-order valence-electron chi connectivity index (χ0n) is 16.7. The molecule has 29 heavy (non-hydrogen) atoms. The Morgan fingerprint density at radius 1 is 1.14 bits per heavy atom. The van der Waals surface area contributed by atoms with Gasteiger partial charge in [0, 0.05) is 39.3 Å². The molecule has 1 unspecified atom stereocenters. The smallest absolute Gasteiger partial charge is 0.271 e. The lowest BCUT2D eigenvalue weighted by Crippen LogP contribution is -2.47. The van der Waals surface area contributed by atoms with Crippen molar-refractivity contribution < 1.29 is 14.3 Å². The molecular weight excluding hydrogens is 370 g/mol. The molecule has 0 aliphatic carbocycles. The van der Waals surface area contributed by atoms with E-state index in [0.717, 1.165) is 62.9 Å². The lowest BCUT2D eigenvalue weighted by atomic mass is 10.2. The molecule has 0 radical (unpaired) electrons. The second kappa shape index (κ2) is 9.09. The van der Waals surface area contributed by atoms with Crippen LogP contribution in [0.1, 0.15) is 23.3 Å². The van der Waals surface area contributed by atoms with E-state index in [4.69, 9.17) is 9.47 Å². The van der Waals surface area contributed by atoms with Gasteiger partial charge in [-0.25, -0.2) is 0 Å². The van der Waals surface area contributed by atoms with Crippen LogP contribution in [0.3, 0.4) is 0 Å². The average Bonchev–Trinajstić information content (AvgIpc) is 3.31. The number of piperazine rings is 1. The molecule has 3 heterocycles. The van der Waals surface area contributed by atoms with Crippen LogP contribution in [-0.2, 0) is 4.74 Å². The Labute approximate surface area is 170 Å². The lowest BCUT2D eigenvalue weighted by Gasteiger charge is -2.37. The van der Waals surface area contributed by atoms with Gasteiger partial charge in [0.15, 0.2) is 11.5 Å². The van der Waals surface area contributed by atoms with Crippen molar-refractivity contribution in [1.29, 1.82) is 0 Å². The van der Waals surface area contributed by atoms with E-state index in [1.165, 1.54) is 0 Å². The van der Waals surface area contributed by atoms with E-state index in [1.54, 1.807) is 13.2 Å². The van der Waals surface area contributed by atoms with Gasteiger partial charge in [-0.3, -0.25) is 4.79 Å². The number of para-hydroxylation sites is 2. The molecule has 1 atom stereocenters. The SMILES string of the molecule is COc1ccccc1N1CCN(c2ccc(C(=O)NCC3CCCO3)nn2)CC1. The summed E-state index contributed by atoms with van der Waals surface area (Å²) in [4.78, 5) is 16.8. The first-order valence-electron chi connectivity index (χ1n) is 10.1. The lowest BCUT2D eigenvalue weighted by molar-refractivity contribution is 0.0853. The number of benzene rings is 1. The fourth-order valence-corrected chi connectivity index (χ4v) is 3.78. The summed E-state index contributed by atoms with van der Waals surface area (Å²) in [6.45, 7) is 4.69. The van der Waals surface area contributed by atoms with Crippen molar-refractivity contribution in [3.8, 4) is 5.75 Å². The van der Waals surface area contributed by atoms with Crippen LogP contribution >= 0.6 is 0 Å². The van der Waals surface area contributed by atoms with Crippen molar-refractivity contribution in [2.45, 2.75) is 18.9 Å². The first kappa shape index (κ1) is 19.4. The van der Waals surface area contributed by atoms with Gasteiger partial charge in [-0.1, -0.05) is 12.1 Å². The average molecular weight is 397 g/mol. The third-order valence-corrected chi connectivity index (χ3v) is 5.43. The van der Waals surface area contributed by atoms with Crippen LogP contribution in [0.5, 0.6) is 5.75 Å². The van der Waals surface area contributed by atoms with Gasteiger partial charge in [0.25, 0.3) is 5.91 Å². The molecule has 2 fully saturated rings. The van der Waals surface area contributed by atoms with Crippen LogP contribution in [0.2, 0.25) is 0 Å². The summed E-state index contributed by atoms with van der Waals surface area (Å²) in [5.74, 6) is 1.47. The maximum Gasteiger partial charge on any atom is 0.271 e. The second-order valence-electron chi connectivity index (χ2n) is 7.27. The number of rotatable bonds is 6. The highest BCUT2D eigenvalue weighted by molar-refractivity contribution is 5.92. The Morgan fingerprint density at radius 3 is 2.62 bits per heavy atom. The molecule has 0 saturated carbocycles. The van der Waals surface area contributed by atoms with Crippen LogP contribution in [0.15, 0.2) is 36.4 Å². The summed E-state index contributed by atoms with van der Waals surface area (Å²) in [5, 5.41) is 11.3. The number of ether oxygens (including phenoxy) is 2. The molecule has 154 valence electrons. The van der Waals surface area contributed by atoms with Crippen molar-refractivity contribution in [3.63, 3.8) is 0 Å². The molecule has 2 aliphatic heterocycles. The first-order chi connectivity index (χ1) is 14.2. The molecule has 4 rings (SSSR count). The Kier molecular flexibility index (Phi) is 6.09. The van der Waals surface area contributed by atoms with Gasteiger partial charge < -0.3 is 24.6 Å². The Morgan fingerprint density at radius 2 is 1.93 bits per heavy atom. The van der Waals surface area contributed by atoms with Crippen molar-refractivity contribution in [1.82, 2.24) is 15.5 Å². The van der Waals surface area contributed by atoms with Crippen molar-refractivity contribution in [3.05, 3.63) is 42.1 Å². The molecule has 2 aromatic rings. The Bertz CT molecular complexity index is 815. The summed E-state index contributed by atoms with van der Waals surface area (Å²) >= 11 is 0. The Balaban J connectivity index is 1.31. The monoisotopic (exact) mass is 397 g/mol. The molecule has 2 aliphatic rings. The number of methoxy groups -OCH3 is 1. The van der Waals surface area contributed by atoms with Crippen molar-refractivity contribution >= 4 is 17.4 Å². The van der Waals surface area contributed by atoms with E-state index in [2.05, 4.69) is 31.4 Å². The van der Waals surface area contributed by atoms with E-state index >= 15 is 0 Å². The fourth-order valence-electron chi connectivity index (χ4n) is 3.78. The van der Waals surface area contributed by atoms with Gasteiger partial charge in [-0.15, -0.1) is 10.2 Å². The van der Waals surface area contributed by atoms with Gasteiger partial charge in [-0.05, 0) is 37.1 Å². The summed E-state index contributed by atoms with van der Waals surface area (Å²) in [5.41, 5.74) is 1.44. The summed E-state index contributed by atoms with van der Waals surface area (Å²) in [7, 11) is 1.70. The van der Waals surface area contributed by atoms with Crippen molar-refractivity contribution in [2.24, 2.45) is 0 Å². The highest BCUT2D eigenvalue weighted by Crippen LogP contribution is 2.28. The standard InChI is InChI=1S/C21H27N5O3/c1-28-19-7-3-2-6-18(19)25-10-12-26(13-11-25)20-9-8-17(23-24-20)21(27)22-15-16-5-4-14-29-16/h2-3,6-9,16H,4-5,10-15H2,1H3,(H,22,27). The summed E-state index contributed by atoms with van der Waals surface area (Å²) < 4.78 is 11.0. The Hall–Kier alpha value is -2.87. The minimum Gasteiger partial charge on any atom is -0.495 e. The molecule has 8 nitrogen and oxygen atoms in total. The highest BCUT2D eigenvalue weighted by atomic mass is 16.5. The van der Waals surface area contributed by atoms with Crippen molar-refractivity contribution in [2.75, 3.05) is 56.2 Å². The van der Waals surface area contributed by atoms with Crippen LogP contribution in [-0.4, -0.2) is 68.6 Å². The molecule has 8 heteroatoms. The second-order valence-corrected chi connectivity index (χ2v) is 7.27. The minimum absolute atomic E-state index is 0.116. The third-order valence-electron chi connectivity index (χ3n) is 5.43. The highest BCUT2D eigenvalue weighted by Gasteiger charge is 2.21. The molecule has 1 amide bonds. The van der Waals surface area contributed by atoms with Crippen LogP contribution in [0, 0.1) is 0 Å². The van der Waals surface area contributed by atoms with Gasteiger partial charge in [0.05, 0.1) is 18.9 Å². The predicted molar refractivity (Wildman–Crippen MR) is 111 cm³/mol. The topological polar surface area (TPSA) is 79.8 Å². The predicted octanol–water partition coefficient (Wildman–Crippen LogP) is 1.72. The van der Waals surface area contributed by atoms with E-state index in [-0.39, 0.29) is 12.0 Å². The summed E-state index contributed by atoms with van der Waals surface area (Å²) in [6, 6.07) is 11.7. The maximum absolute atomic E-state index is 12.2. The molecule has 0 spiro atoms. The van der Waals surface area contributed by atoms with Gasteiger partial charge in [0.1, 0.15) is 5.75 Å². The third kappa shape index (κ3) is 4.59. The van der Waals surface area contributed by atoms with Crippen LogP contribution in [0.25, 0.3) is 0 Å². The van der Waals surface area contributed by atoms with Gasteiger partial charge >= 0.3 is 0 Å². The molecule has 1 N–H and O–H groups in total. The van der Waals surface area contributed by atoms with Crippen LogP contribution < -0.4 is 19.9 Å². The van der Waals surface area contributed by atoms with E-state index < -0.39 is 0 Å². The number of amides is 1. The first-order valence-corrected chi connectivity index (χ1v) is 10.1. The molecule has 0 bridgehead atoms. The molecule has 1 aromatic carbocycles. The number of nitrogens with one attached hydrogen (secondary N) is 1. The van der Waals surface area contributed by atoms with E-state index in [1.807, 2.05) is 24.3 Å². The van der Waals surface area contributed by atoms with Gasteiger partial charge in [-0.2, -0.15) is 0 Å². The number of aromatic nitrogens is 2. The van der Waals surface area contributed by atoms with Gasteiger partial charge in [0.2, 0.25) is 0 Å². The fraction of sp³-hybridized carbons (Fsp3) is 0.476. The molecule has 2 saturated heterocycles. The number of nitrogens with zero attached hydrogens (tertiary/aromatic N) is 4. The summed E-state index contributed by atoms with van der Waals surface area (Å²) in [6.07, 6.45) is 2.16. The zero-order chi connectivity index (χ0) is 20.1. The van der Waals surface area contributed by atoms with E-state index in [9.17, 15) is 4.79 Å². The largest absolute Gasteiger partial charge is 0.495 e. The minimum atomic E-state index is -0.208. The zero-order valence-corrected chi connectivity index (χ0v) is 16.7. The number of hydrogen-bond acceptors (Lipinski definition) is 7. The molecule has 1 aromatic heterocycles.